The van der Waals surface area contributed by atoms with Gasteiger partial charge < -0.3 is 5.73 Å². The van der Waals surface area contributed by atoms with Gasteiger partial charge in [0.1, 0.15) is 0 Å². The van der Waals surface area contributed by atoms with E-state index in [1.165, 1.54) is 0 Å². The molecule has 0 aromatic carbocycles. The smallest absolute Gasteiger partial charge is 0.0940 e. The largest absolute Gasteiger partial charge is 0.310 e. The van der Waals surface area contributed by atoms with Crippen molar-refractivity contribution in [2.24, 2.45) is 10.7 Å². The van der Waals surface area contributed by atoms with Gasteiger partial charge >= 0.3 is 0 Å². The van der Waals surface area contributed by atoms with E-state index in [1.807, 2.05) is 0 Å². The van der Waals surface area contributed by atoms with Gasteiger partial charge in [0.15, 0.2) is 0 Å². The van der Waals surface area contributed by atoms with E-state index in [9.17, 15) is 0 Å². The lowest BCUT2D eigenvalue weighted by Crippen LogP contribution is -2.10. The molecule has 0 aliphatic rings. The average molecular weight is 98.1 g/mol. The van der Waals surface area contributed by atoms with Crippen LogP contribution in [0.2, 0.25) is 0 Å². The molecule has 1 atom stereocenters. The zero-order valence-corrected chi connectivity index (χ0v) is 4.46. The molecule has 0 saturated heterocycles. The molecule has 0 aliphatic heterocycles. The van der Waals surface area contributed by atoms with Crippen LogP contribution in [-0.2, 0) is 0 Å². The highest BCUT2D eigenvalue weighted by Gasteiger charge is 1.77. The first-order chi connectivity index (χ1) is 3.27. The molecule has 2 N–H and O–H groups in total. The molecule has 0 fully saturated rings. The molecule has 0 aliphatic carbocycles. The van der Waals surface area contributed by atoms with E-state index in [4.69, 9.17) is 5.73 Å². The Balaban J connectivity index is 3.25. The van der Waals surface area contributed by atoms with E-state index in [0.717, 1.165) is 0 Å². The van der Waals surface area contributed by atoms with Crippen LogP contribution in [0.1, 0.15) is 6.92 Å². The van der Waals surface area contributed by atoms with Crippen molar-refractivity contribution in [3.05, 3.63) is 12.7 Å². The van der Waals surface area contributed by atoms with Crippen molar-refractivity contribution in [3.8, 4) is 0 Å². The number of nitrogens with two attached hydrogens (primary N) is 1. The van der Waals surface area contributed by atoms with Gasteiger partial charge in [-0.05, 0) is 6.92 Å². The Morgan fingerprint density at radius 2 is 2.43 bits per heavy atom. The Bertz CT molecular complexity index is 74.1. The average Bonchev–Trinajstić information content (AvgIpc) is 1.61. The summed E-state index contributed by atoms with van der Waals surface area (Å²) >= 11 is 0. The summed E-state index contributed by atoms with van der Waals surface area (Å²) in [7, 11) is 0. The number of hydrogen-bond acceptors (Lipinski definition) is 2. The summed E-state index contributed by atoms with van der Waals surface area (Å²) in [6.45, 7) is 5.23. The first-order valence-corrected chi connectivity index (χ1v) is 2.17. The third-order valence-corrected chi connectivity index (χ3v) is 0.427. The van der Waals surface area contributed by atoms with Gasteiger partial charge in [-0.15, -0.1) is 0 Å². The van der Waals surface area contributed by atoms with Gasteiger partial charge in [0, 0.05) is 6.21 Å². The van der Waals surface area contributed by atoms with E-state index in [-0.39, 0.29) is 6.17 Å². The molecular formula is C5H10N2. The minimum absolute atomic E-state index is 0.0991. The second kappa shape index (κ2) is 3.56. The number of hydrogen-bond donors (Lipinski definition) is 1. The van der Waals surface area contributed by atoms with Crippen LogP contribution in [0, 0.1) is 0 Å². The van der Waals surface area contributed by atoms with Crippen molar-refractivity contribution in [1.29, 1.82) is 0 Å². The topological polar surface area (TPSA) is 38.4 Å². The Morgan fingerprint density at radius 1 is 1.86 bits per heavy atom. The summed E-state index contributed by atoms with van der Waals surface area (Å²) < 4.78 is 0. The molecule has 0 rings (SSSR count). The molecule has 0 radical (unpaired) electrons. The minimum atomic E-state index is -0.0991. The molecule has 40 valence electrons. The summed E-state index contributed by atoms with van der Waals surface area (Å²) in [6, 6.07) is 0. The molecule has 2 nitrogen and oxygen atoms in total. The molecule has 0 aromatic heterocycles. The third kappa shape index (κ3) is 5.37. The standard InChI is InChI=1S/C5H10N2/c1-3-4-7-5(2)6/h3-5H,1,6H2,2H3. The third-order valence-electron chi connectivity index (χ3n) is 0.427. The van der Waals surface area contributed by atoms with Crippen LogP contribution in [-0.4, -0.2) is 12.4 Å². The lowest BCUT2D eigenvalue weighted by molar-refractivity contribution is 0.797. The molecule has 0 amide bonds. The first-order valence-electron chi connectivity index (χ1n) is 2.17. The summed E-state index contributed by atoms with van der Waals surface area (Å²) in [4.78, 5) is 3.78. The molecule has 0 spiro atoms. The molecule has 0 bridgehead atoms. The summed E-state index contributed by atoms with van der Waals surface area (Å²) in [6.07, 6.45) is 3.09. The lowest BCUT2D eigenvalue weighted by atomic mass is 10.6. The van der Waals surface area contributed by atoms with E-state index in [1.54, 1.807) is 19.2 Å². The molecule has 0 heterocycles. The van der Waals surface area contributed by atoms with Crippen molar-refractivity contribution in [3.63, 3.8) is 0 Å². The lowest BCUT2D eigenvalue weighted by Gasteiger charge is -1.89. The Kier molecular flexibility index (Phi) is 3.24. The van der Waals surface area contributed by atoms with Crippen LogP contribution in [0.3, 0.4) is 0 Å². The SMILES string of the molecule is C=CC=NC(C)N. The van der Waals surface area contributed by atoms with E-state index in [2.05, 4.69) is 11.6 Å². The Labute approximate surface area is 43.7 Å². The van der Waals surface area contributed by atoms with Crippen LogP contribution >= 0.6 is 0 Å². The summed E-state index contributed by atoms with van der Waals surface area (Å²) in [5.74, 6) is 0. The monoisotopic (exact) mass is 98.1 g/mol. The van der Waals surface area contributed by atoms with Gasteiger partial charge in [-0.1, -0.05) is 12.7 Å². The van der Waals surface area contributed by atoms with Crippen molar-refractivity contribution >= 4 is 6.21 Å². The fraction of sp³-hybridized carbons (Fsp3) is 0.400. The van der Waals surface area contributed by atoms with Crippen LogP contribution in [0.15, 0.2) is 17.6 Å². The van der Waals surface area contributed by atoms with E-state index in [0.29, 0.717) is 0 Å². The quantitative estimate of drug-likeness (QED) is 0.503. The molecular weight excluding hydrogens is 88.1 g/mol. The second-order valence-corrected chi connectivity index (χ2v) is 1.27. The number of nitrogens with zero attached hydrogens (tertiary/aromatic N) is 1. The Hall–Kier alpha value is -0.630. The first kappa shape index (κ1) is 6.37. The minimum Gasteiger partial charge on any atom is -0.310 e. The number of rotatable bonds is 2. The number of allylic oxidation sites excluding steroid dienone is 1. The fourth-order valence-electron chi connectivity index (χ4n) is 0.197. The van der Waals surface area contributed by atoms with E-state index >= 15 is 0 Å². The normalized spacial score (nSPS) is 14.6. The maximum Gasteiger partial charge on any atom is 0.0940 e. The van der Waals surface area contributed by atoms with E-state index < -0.39 is 0 Å². The highest BCUT2D eigenvalue weighted by molar-refractivity contribution is 5.70. The maximum atomic E-state index is 5.23. The molecule has 0 saturated carbocycles. The van der Waals surface area contributed by atoms with Crippen molar-refractivity contribution in [2.75, 3.05) is 0 Å². The van der Waals surface area contributed by atoms with Crippen LogP contribution in [0.5, 0.6) is 0 Å². The summed E-state index contributed by atoms with van der Waals surface area (Å²) in [5.41, 5.74) is 5.23. The molecule has 2 heteroatoms. The molecule has 0 aromatic rings. The number of aliphatic imine (C=N–C) groups is 1. The zero-order chi connectivity index (χ0) is 5.70. The van der Waals surface area contributed by atoms with Gasteiger partial charge in [0.05, 0.1) is 6.17 Å². The predicted octanol–water partition coefficient (Wildman–Crippen LogP) is 0.548. The highest BCUT2D eigenvalue weighted by atomic mass is 14.9. The van der Waals surface area contributed by atoms with Crippen LogP contribution < -0.4 is 5.73 Å². The zero-order valence-electron chi connectivity index (χ0n) is 4.46. The highest BCUT2D eigenvalue weighted by Crippen LogP contribution is 1.71. The van der Waals surface area contributed by atoms with Crippen LogP contribution in [0.4, 0.5) is 0 Å². The summed E-state index contributed by atoms with van der Waals surface area (Å²) in [5, 5.41) is 0. The van der Waals surface area contributed by atoms with Gasteiger partial charge in [-0.3, -0.25) is 4.99 Å². The fourth-order valence-corrected chi connectivity index (χ4v) is 0.197. The predicted molar refractivity (Wildman–Crippen MR) is 32.3 cm³/mol. The second-order valence-electron chi connectivity index (χ2n) is 1.27. The maximum absolute atomic E-state index is 5.23. The van der Waals surface area contributed by atoms with Crippen LogP contribution in [0.25, 0.3) is 0 Å². The Morgan fingerprint density at radius 3 is 2.57 bits per heavy atom. The van der Waals surface area contributed by atoms with Crippen molar-refractivity contribution in [2.45, 2.75) is 13.1 Å². The van der Waals surface area contributed by atoms with Gasteiger partial charge in [-0.2, -0.15) is 0 Å². The van der Waals surface area contributed by atoms with Crippen molar-refractivity contribution < 1.29 is 0 Å². The van der Waals surface area contributed by atoms with Gasteiger partial charge in [0.2, 0.25) is 0 Å². The molecule has 1 unspecified atom stereocenters. The van der Waals surface area contributed by atoms with Crippen molar-refractivity contribution in [1.82, 2.24) is 0 Å². The molecule has 7 heavy (non-hydrogen) atoms. The van der Waals surface area contributed by atoms with Gasteiger partial charge in [-0.25, -0.2) is 0 Å². The van der Waals surface area contributed by atoms with Gasteiger partial charge in [0.25, 0.3) is 0 Å².